The molecule has 0 saturated carbocycles. The first kappa shape index (κ1) is 16.1. The Morgan fingerprint density at radius 1 is 1.30 bits per heavy atom. The van der Waals surface area contributed by atoms with Crippen molar-refractivity contribution in [1.82, 2.24) is 20.8 Å². The van der Waals surface area contributed by atoms with Crippen LogP contribution in [0, 0.1) is 0 Å². The average Bonchev–Trinajstić information content (AvgIpc) is 2.94. The summed E-state index contributed by atoms with van der Waals surface area (Å²) in [6.07, 6.45) is 0.640. The van der Waals surface area contributed by atoms with Crippen LogP contribution in [0.5, 0.6) is 0 Å². The molecule has 0 unspecified atom stereocenters. The van der Waals surface area contributed by atoms with Crippen molar-refractivity contribution >= 4 is 0 Å². The fourth-order valence-electron chi connectivity index (χ4n) is 2.47. The zero-order valence-corrected chi connectivity index (χ0v) is 13.0. The molecule has 1 saturated heterocycles. The van der Waals surface area contributed by atoms with E-state index in [2.05, 4.69) is 20.8 Å². The maximum atomic E-state index is 10.4. The zero-order valence-electron chi connectivity index (χ0n) is 13.0. The second-order valence-corrected chi connectivity index (χ2v) is 5.76. The molecule has 2 heterocycles. The minimum atomic E-state index is -0.872. The van der Waals surface area contributed by atoms with E-state index in [9.17, 15) is 5.11 Å². The van der Waals surface area contributed by atoms with Crippen molar-refractivity contribution in [3.8, 4) is 11.5 Å². The molecular formula is C16H22N4O3. The molecule has 0 bridgehead atoms. The number of rotatable bonds is 6. The molecular weight excluding hydrogens is 296 g/mol. The first-order chi connectivity index (χ1) is 11.3. The van der Waals surface area contributed by atoms with E-state index in [0.717, 1.165) is 12.1 Å². The van der Waals surface area contributed by atoms with Gasteiger partial charge in [-0.15, -0.1) is 0 Å². The maximum Gasteiger partial charge on any atom is 0.257 e. The Morgan fingerprint density at radius 3 is 3.04 bits per heavy atom. The fourth-order valence-corrected chi connectivity index (χ4v) is 2.47. The lowest BCUT2D eigenvalue weighted by molar-refractivity contribution is -0.0261. The van der Waals surface area contributed by atoms with E-state index >= 15 is 0 Å². The van der Waals surface area contributed by atoms with Gasteiger partial charge in [0.25, 0.3) is 5.89 Å². The van der Waals surface area contributed by atoms with Crippen LogP contribution < -0.4 is 10.6 Å². The van der Waals surface area contributed by atoms with Gasteiger partial charge in [0.15, 0.2) is 5.82 Å². The molecule has 0 amide bonds. The van der Waals surface area contributed by atoms with Gasteiger partial charge in [-0.25, -0.2) is 0 Å². The molecule has 2 aromatic rings. The van der Waals surface area contributed by atoms with E-state index in [1.54, 1.807) is 0 Å². The highest BCUT2D eigenvalue weighted by molar-refractivity contribution is 5.51. The van der Waals surface area contributed by atoms with Crippen LogP contribution in [0.1, 0.15) is 5.82 Å². The highest BCUT2D eigenvalue weighted by Gasteiger charge is 2.28. The average molecular weight is 318 g/mol. The molecule has 0 radical (unpaired) electrons. The molecule has 7 heteroatoms. The molecule has 1 aliphatic rings. The first-order valence-corrected chi connectivity index (χ1v) is 7.85. The van der Waals surface area contributed by atoms with Gasteiger partial charge < -0.3 is 25.0 Å². The van der Waals surface area contributed by atoms with Gasteiger partial charge in [0, 0.05) is 38.2 Å². The Kier molecular flexibility index (Phi) is 5.35. The van der Waals surface area contributed by atoms with Crippen LogP contribution >= 0.6 is 0 Å². The SMILES string of the molecule is O[C@@]1(CNCCc2noc(-c3ccccc3)n2)CNCCOC1. The van der Waals surface area contributed by atoms with E-state index in [0.29, 0.717) is 51.0 Å². The normalized spacial score (nSPS) is 22.0. The second-order valence-electron chi connectivity index (χ2n) is 5.76. The third kappa shape index (κ3) is 4.59. The molecule has 3 rings (SSSR count). The highest BCUT2D eigenvalue weighted by atomic mass is 16.5. The summed E-state index contributed by atoms with van der Waals surface area (Å²) >= 11 is 0. The number of benzene rings is 1. The largest absolute Gasteiger partial charge is 0.385 e. The van der Waals surface area contributed by atoms with Crippen LogP contribution in [0.25, 0.3) is 11.5 Å². The molecule has 0 spiro atoms. The number of nitrogens with one attached hydrogen (secondary N) is 2. The second kappa shape index (κ2) is 7.65. The van der Waals surface area contributed by atoms with Crippen LogP contribution in [-0.2, 0) is 11.2 Å². The third-order valence-electron chi connectivity index (χ3n) is 3.72. The Morgan fingerprint density at radius 2 is 2.17 bits per heavy atom. The standard InChI is InChI=1S/C16H22N4O3/c21-16(11-18-8-9-22-12-16)10-17-7-6-14-19-15(23-20-14)13-4-2-1-3-5-13/h1-5,17-18,21H,6-12H2/t16-/m0/s1. The summed E-state index contributed by atoms with van der Waals surface area (Å²) < 4.78 is 10.7. The first-order valence-electron chi connectivity index (χ1n) is 7.85. The lowest BCUT2D eigenvalue weighted by Gasteiger charge is -2.26. The number of β-amino-alcohol motifs (C(OH)–C–C–N with tert-alkyl or cyclic N) is 1. The number of aromatic nitrogens is 2. The number of nitrogens with zero attached hydrogens (tertiary/aromatic N) is 2. The number of ether oxygens (including phenoxy) is 1. The Hall–Kier alpha value is -1.80. The summed E-state index contributed by atoms with van der Waals surface area (Å²) in [6.45, 7) is 3.40. The number of hydrogen-bond donors (Lipinski definition) is 3. The van der Waals surface area contributed by atoms with Crippen LogP contribution in [0.4, 0.5) is 0 Å². The van der Waals surface area contributed by atoms with E-state index in [1.165, 1.54) is 0 Å². The van der Waals surface area contributed by atoms with E-state index in [4.69, 9.17) is 9.26 Å². The van der Waals surface area contributed by atoms with Gasteiger partial charge in [-0.1, -0.05) is 23.4 Å². The summed E-state index contributed by atoms with van der Waals surface area (Å²) in [5.74, 6) is 1.18. The van der Waals surface area contributed by atoms with Crippen molar-refractivity contribution < 1.29 is 14.4 Å². The molecule has 1 aliphatic heterocycles. The quantitative estimate of drug-likeness (QED) is 0.656. The van der Waals surface area contributed by atoms with Gasteiger partial charge >= 0.3 is 0 Å². The van der Waals surface area contributed by atoms with Crippen molar-refractivity contribution in [1.29, 1.82) is 0 Å². The van der Waals surface area contributed by atoms with E-state index < -0.39 is 5.60 Å². The van der Waals surface area contributed by atoms with Gasteiger partial charge in [0.1, 0.15) is 5.60 Å². The van der Waals surface area contributed by atoms with Crippen LogP contribution in [0.2, 0.25) is 0 Å². The predicted octanol–water partition coefficient (Wildman–Crippen LogP) is 0.220. The summed E-state index contributed by atoms with van der Waals surface area (Å²) in [5.41, 5.74) is 0.0402. The van der Waals surface area contributed by atoms with Crippen molar-refractivity contribution in [2.45, 2.75) is 12.0 Å². The smallest absolute Gasteiger partial charge is 0.257 e. The summed E-state index contributed by atoms with van der Waals surface area (Å²) in [5, 5.41) is 20.8. The van der Waals surface area contributed by atoms with Crippen molar-refractivity contribution in [3.63, 3.8) is 0 Å². The molecule has 1 aromatic heterocycles. The zero-order chi connectivity index (χ0) is 16.0. The lowest BCUT2D eigenvalue weighted by Crippen LogP contribution is -2.50. The van der Waals surface area contributed by atoms with Gasteiger partial charge in [-0.05, 0) is 12.1 Å². The van der Waals surface area contributed by atoms with Crippen molar-refractivity contribution in [3.05, 3.63) is 36.2 Å². The fraction of sp³-hybridized carbons (Fsp3) is 0.500. The van der Waals surface area contributed by atoms with E-state index in [-0.39, 0.29) is 0 Å². The predicted molar refractivity (Wildman–Crippen MR) is 84.9 cm³/mol. The topological polar surface area (TPSA) is 92.4 Å². The highest BCUT2D eigenvalue weighted by Crippen LogP contribution is 2.16. The Balaban J connectivity index is 1.45. The number of aliphatic hydroxyl groups is 1. The van der Waals surface area contributed by atoms with Gasteiger partial charge in [-0.3, -0.25) is 0 Å². The molecule has 1 fully saturated rings. The lowest BCUT2D eigenvalue weighted by atomic mass is 10.1. The monoisotopic (exact) mass is 318 g/mol. The summed E-state index contributed by atoms with van der Waals surface area (Å²) in [6, 6.07) is 9.68. The van der Waals surface area contributed by atoms with Gasteiger partial charge in [0.05, 0.1) is 13.2 Å². The van der Waals surface area contributed by atoms with Gasteiger partial charge in [0.2, 0.25) is 0 Å². The molecule has 7 nitrogen and oxygen atoms in total. The summed E-state index contributed by atoms with van der Waals surface area (Å²) in [7, 11) is 0. The molecule has 1 atom stereocenters. The van der Waals surface area contributed by atoms with Crippen LogP contribution in [-0.4, -0.2) is 60.2 Å². The molecule has 23 heavy (non-hydrogen) atoms. The molecule has 1 aromatic carbocycles. The summed E-state index contributed by atoms with van der Waals surface area (Å²) in [4.78, 5) is 4.38. The van der Waals surface area contributed by atoms with E-state index in [1.807, 2.05) is 30.3 Å². The van der Waals surface area contributed by atoms with Crippen LogP contribution in [0.15, 0.2) is 34.9 Å². The van der Waals surface area contributed by atoms with Crippen molar-refractivity contribution in [2.75, 3.05) is 39.4 Å². The minimum absolute atomic E-state index is 0.341. The molecule has 124 valence electrons. The molecule has 0 aliphatic carbocycles. The Bertz CT molecular complexity index is 594. The maximum absolute atomic E-state index is 10.4. The minimum Gasteiger partial charge on any atom is -0.385 e. The third-order valence-corrected chi connectivity index (χ3v) is 3.72. The van der Waals surface area contributed by atoms with Gasteiger partial charge in [-0.2, -0.15) is 4.98 Å². The van der Waals surface area contributed by atoms with Crippen LogP contribution in [0.3, 0.4) is 0 Å². The Labute approximate surface area is 135 Å². The van der Waals surface area contributed by atoms with Crippen molar-refractivity contribution in [2.24, 2.45) is 0 Å². The molecule has 3 N–H and O–H groups in total. The number of hydrogen-bond acceptors (Lipinski definition) is 7.